The average molecular weight is 1160 g/mol. The smallest absolute Gasteiger partial charge is 0.305 e. The molecule has 6 heteroatoms. The zero-order valence-corrected chi connectivity index (χ0v) is 56.0. The fourth-order valence-corrected chi connectivity index (χ4v) is 12.3. The van der Waals surface area contributed by atoms with Crippen molar-refractivity contribution in [2.75, 3.05) is 13.2 Å². The van der Waals surface area contributed by atoms with Crippen LogP contribution in [-0.4, -0.2) is 47.4 Å². The Hall–Kier alpha value is -1.40. The highest BCUT2D eigenvalue weighted by molar-refractivity contribution is 5.76. The van der Waals surface area contributed by atoms with E-state index in [1.807, 2.05) is 0 Å². The highest BCUT2D eigenvalue weighted by atomic mass is 16.5. The van der Waals surface area contributed by atoms with Gasteiger partial charge in [0.1, 0.15) is 0 Å². The molecule has 0 spiro atoms. The summed E-state index contributed by atoms with van der Waals surface area (Å²) in [6, 6.07) is -0.537. The number of carbonyl (C=O) groups is 2. The molecule has 2 unspecified atom stereocenters. The number of carbonyl (C=O) groups excluding carboxylic acids is 2. The van der Waals surface area contributed by atoms with Gasteiger partial charge >= 0.3 is 5.97 Å². The Morgan fingerprint density at radius 1 is 0.329 bits per heavy atom. The van der Waals surface area contributed by atoms with Gasteiger partial charge in [0.15, 0.2) is 0 Å². The predicted octanol–water partition coefficient (Wildman–Crippen LogP) is 24.7. The molecule has 0 aromatic carbocycles. The summed E-state index contributed by atoms with van der Waals surface area (Å²) >= 11 is 0. The fraction of sp³-hybridized carbons (Fsp3) is 0.947. The van der Waals surface area contributed by atoms with Crippen molar-refractivity contribution >= 4 is 11.9 Å². The second-order valence-electron chi connectivity index (χ2n) is 26.3. The molecule has 0 aliphatic heterocycles. The van der Waals surface area contributed by atoms with Crippen molar-refractivity contribution < 1.29 is 24.5 Å². The third kappa shape index (κ3) is 67.7. The molecule has 2 atom stereocenters. The van der Waals surface area contributed by atoms with Gasteiger partial charge in [-0.05, 0) is 51.4 Å². The number of unbranched alkanes of at least 4 members (excludes halogenated alkanes) is 59. The molecule has 0 saturated heterocycles. The van der Waals surface area contributed by atoms with E-state index >= 15 is 0 Å². The quantitative estimate of drug-likeness (QED) is 0.0320. The maximum atomic E-state index is 12.5. The maximum absolute atomic E-state index is 12.5. The first-order valence-corrected chi connectivity index (χ1v) is 37.9. The number of nitrogens with one attached hydrogen (secondary N) is 1. The highest BCUT2D eigenvalue weighted by Crippen LogP contribution is 2.20. The molecule has 0 rings (SSSR count). The van der Waals surface area contributed by atoms with Gasteiger partial charge in [0.2, 0.25) is 5.91 Å². The summed E-state index contributed by atoms with van der Waals surface area (Å²) < 4.78 is 5.50. The molecule has 0 radical (unpaired) electrons. The number of amides is 1. The van der Waals surface area contributed by atoms with Gasteiger partial charge in [-0.15, -0.1) is 0 Å². The predicted molar refractivity (Wildman–Crippen MR) is 361 cm³/mol. The molecule has 0 fully saturated rings. The molecule has 488 valence electrons. The summed E-state index contributed by atoms with van der Waals surface area (Å²) in [4.78, 5) is 24.6. The molecule has 0 aliphatic rings. The standard InChI is InChI=1S/C76H149NO5/c1-3-5-7-9-11-13-15-17-19-40-44-48-52-56-60-64-68-74(79)73(72-78)77-75(80)69-65-61-57-53-49-45-41-38-36-34-32-30-28-26-24-22-21-23-25-27-29-31-33-35-37-39-43-47-51-55-59-63-67-71-82-76(81)70-66-62-58-54-50-46-42-20-18-16-14-12-10-8-6-4-2/h20,42,73-74,78-79H,3-19,21-41,43-72H2,1-2H3,(H,77,80)/b42-20-. The Balaban J connectivity index is 3.30. The van der Waals surface area contributed by atoms with E-state index in [1.54, 1.807) is 0 Å². The van der Waals surface area contributed by atoms with E-state index in [2.05, 4.69) is 31.3 Å². The van der Waals surface area contributed by atoms with Crippen LogP contribution in [0.15, 0.2) is 12.2 Å². The van der Waals surface area contributed by atoms with Crippen LogP contribution in [0, 0.1) is 0 Å². The second kappa shape index (κ2) is 72.1. The van der Waals surface area contributed by atoms with Gasteiger partial charge in [-0.1, -0.05) is 386 Å². The number of aliphatic hydroxyl groups excluding tert-OH is 2. The van der Waals surface area contributed by atoms with Crippen LogP contribution in [0.1, 0.15) is 438 Å². The minimum absolute atomic E-state index is 0.0154. The van der Waals surface area contributed by atoms with E-state index in [0.29, 0.717) is 25.9 Å². The number of hydrogen-bond acceptors (Lipinski definition) is 5. The van der Waals surface area contributed by atoms with Gasteiger partial charge < -0.3 is 20.3 Å². The van der Waals surface area contributed by atoms with Gasteiger partial charge in [-0.25, -0.2) is 0 Å². The Morgan fingerprint density at radius 2 is 0.573 bits per heavy atom. The van der Waals surface area contributed by atoms with E-state index in [0.717, 1.165) is 44.9 Å². The number of ether oxygens (including phenoxy) is 1. The molecule has 82 heavy (non-hydrogen) atoms. The fourth-order valence-electron chi connectivity index (χ4n) is 12.3. The first-order valence-electron chi connectivity index (χ1n) is 37.9. The molecule has 0 aromatic rings. The van der Waals surface area contributed by atoms with Crippen molar-refractivity contribution in [1.29, 1.82) is 0 Å². The van der Waals surface area contributed by atoms with Crippen LogP contribution in [0.5, 0.6) is 0 Å². The number of esters is 1. The highest BCUT2D eigenvalue weighted by Gasteiger charge is 2.20. The van der Waals surface area contributed by atoms with E-state index in [1.165, 1.54) is 360 Å². The second-order valence-corrected chi connectivity index (χ2v) is 26.3. The largest absolute Gasteiger partial charge is 0.466 e. The topological polar surface area (TPSA) is 95.9 Å². The van der Waals surface area contributed by atoms with Crippen LogP contribution in [0.3, 0.4) is 0 Å². The molecule has 0 bridgehead atoms. The summed E-state index contributed by atoms with van der Waals surface area (Å²) in [5.41, 5.74) is 0. The van der Waals surface area contributed by atoms with Crippen LogP contribution in [-0.2, 0) is 14.3 Å². The van der Waals surface area contributed by atoms with Gasteiger partial charge in [-0.3, -0.25) is 9.59 Å². The van der Waals surface area contributed by atoms with Crippen LogP contribution in [0.4, 0.5) is 0 Å². The van der Waals surface area contributed by atoms with E-state index in [9.17, 15) is 19.8 Å². The van der Waals surface area contributed by atoms with Gasteiger partial charge in [-0.2, -0.15) is 0 Å². The Morgan fingerprint density at radius 3 is 0.866 bits per heavy atom. The Labute approximate surface area is 514 Å². The molecule has 0 aromatic heterocycles. The van der Waals surface area contributed by atoms with Gasteiger partial charge in [0, 0.05) is 12.8 Å². The summed E-state index contributed by atoms with van der Waals surface area (Å²) in [6.45, 7) is 5.00. The molecule has 0 saturated carbocycles. The molecule has 0 heterocycles. The molecule has 1 amide bonds. The van der Waals surface area contributed by atoms with Crippen LogP contribution >= 0.6 is 0 Å². The molecule has 3 N–H and O–H groups in total. The monoisotopic (exact) mass is 1160 g/mol. The number of hydrogen-bond donors (Lipinski definition) is 3. The third-order valence-electron chi connectivity index (χ3n) is 18.1. The summed E-state index contributed by atoms with van der Waals surface area (Å²) in [5.74, 6) is -0.0107. The summed E-state index contributed by atoms with van der Waals surface area (Å²) in [5, 5.41) is 23.4. The van der Waals surface area contributed by atoms with Crippen molar-refractivity contribution in [2.24, 2.45) is 0 Å². The lowest BCUT2D eigenvalue weighted by Gasteiger charge is -2.22. The number of allylic oxidation sites excluding steroid dienone is 2. The minimum atomic E-state index is -0.660. The lowest BCUT2D eigenvalue weighted by Crippen LogP contribution is -2.45. The average Bonchev–Trinajstić information content (AvgIpc) is 3.48. The van der Waals surface area contributed by atoms with Crippen LogP contribution in [0.25, 0.3) is 0 Å². The normalized spacial score (nSPS) is 12.5. The Bertz CT molecular complexity index is 1240. The van der Waals surface area contributed by atoms with Gasteiger partial charge in [0.05, 0.1) is 25.4 Å². The number of aliphatic hydroxyl groups is 2. The lowest BCUT2D eigenvalue weighted by atomic mass is 10.0. The molecular weight excluding hydrogens is 1010 g/mol. The first-order chi connectivity index (χ1) is 40.5. The molecular formula is C76H149NO5. The van der Waals surface area contributed by atoms with Crippen molar-refractivity contribution in [1.82, 2.24) is 5.32 Å². The number of rotatable bonds is 72. The first kappa shape index (κ1) is 80.6. The summed E-state index contributed by atoms with van der Waals surface area (Å²) in [7, 11) is 0. The van der Waals surface area contributed by atoms with E-state index < -0.39 is 12.1 Å². The van der Waals surface area contributed by atoms with Crippen molar-refractivity contribution in [2.45, 2.75) is 450 Å². The Kier molecular flexibility index (Phi) is 70.8. The molecule has 6 nitrogen and oxygen atoms in total. The van der Waals surface area contributed by atoms with E-state index in [4.69, 9.17) is 4.74 Å². The zero-order valence-electron chi connectivity index (χ0n) is 56.0. The van der Waals surface area contributed by atoms with Crippen LogP contribution < -0.4 is 5.32 Å². The van der Waals surface area contributed by atoms with Gasteiger partial charge in [0.25, 0.3) is 0 Å². The van der Waals surface area contributed by atoms with Crippen LogP contribution in [0.2, 0.25) is 0 Å². The van der Waals surface area contributed by atoms with Crippen molar-refractivity contribution in [3.63, 3.8) is 0 Å². The zero-order chi connectivity index (χ0) is 59.2. The maximum Gasteiger partial charge on any atom is 0.305 e. The lowest BCUT2D eigenvalue weighted by molar-refractivity contribution is -0.143. The SMILES string of the molecule is CCCCCCCCC/C=C\CCCCCCCC(=O)OCCCCCCCCCCCCCCCCCCCCCCCCCCCCCCCCCCCC(=O)NC(CO)C(O)CCCCCCCCCCCCCCCCCC. The molecule has 0 aliphatic carbocycles. The van der Waals surface area contributed by atoms with Crippen molar-refractivity contribution in [3.05, 3.63) is 12.2 Å². The minimum Gasteiger partial charge on any atom is -0.466 e. The third-order valence-corrected chi connectivity index (χ3v) is 18.1. The van der Waals surface area contributed by atoms with E-state index in [-0.39, 0.29) is 18.5 Å². The van der Waals surface area contributed by atoms with Crippen molar-refractivity contribution in [3.8, 4) is 0 Å². The summed E-state index contributed by atoms with van der Waals surface area (Å²) in [6.07, 6.45) is 90.1.